The van der Waals surface area contributed by atoms with Crippen LogP contribution in [0.15, 0.2) is 29.0 Å². The molecule has 2 aromatic heterocycles. The summed E-state index contributed by atoms with van der Waals surface area (Å²) in [6, 6.07) is 4.31. The number of rotatable bonds is 3. The molecule has 2 fully saturated rings. The fourth-order valence-corrected chi connectivity index (χ4v) is 3.48. The summed E-state index contributed by atoms with van der Waals surface area (Å²) in [4.78, 5) is 11.0. The van der Waals surface area contributed by atoms with Crippen LogP contribution in [-0.2, 0) is 11.3 Å². The molecule has 0 aromatic carbocycles. The zero-order chi connectivity index (χ0) is 14.8. The number of morpholine rings is 1. The third-order valence-corrected chi connectivity index (χ3v) is 4.57. The topological polar surface area (TPSA) is 64.3 Å². The summed E-state index contributed by atoms with van der Waals surface area (Å²) in [5.41, 5.74) is 0.884. The maximum absolute atomic E-state index is 5.91. The van der Waals surface area contributed by atoms with Crippen molar-refractivity contribution in [2.24, 2.45) is 0 Å². The van der Waals surface area contributed by atoms with Crippen molar-refractivity contribution < 1.29 is 9.26 Å². The van der Waals surface area contributed by atoms with Crippen LogP contribution in [0.4, 0.5) is 0 Å². The van der Waals surface area contributed by atoms with E-state index in [2.05, 4.69) is 20.0 Å². The van der Waals surface area contributed by atoms with Gasteiger partial charge >= 0.3 is 0 Å². The van der Waals surface area contributed by atoms with Crippen molar-refractivity contribution >= 4 is 0 Å². The number of nitrogens with zero attached hydrogens (tertiary/aromatic N) is 4. The highest BCUT2D eigenvalue weighted by molar-refractivity contribution is 5.51. The Kier molecular flexibility index (Phi) is 3.86. The maximum atomic E-state index is 5.91. The molecular formula is C16H20N4O2. The van der Waals surface area contributed by atoms with E-state index in [1.807, 2.05) is 12.1 Å². The molecule has 6 heteroatoms. The van der Waals surface area contributed by atoms with Crippen molar-refractivity contribution in [1.29, 1.82) is 0 Å². The first kappa shape index (κ1) is 13.8. The maximum Gasteiger partial charge on any atom is 0.241 e. The summed E-state index contributed by atoms with van der Waals surface area (Å²) in [7, 11) is 0. The Labute approximate surface area is 129 Å². The number of fused-ring (bicyclic) bond motifs is 1. The van der Waals surface area contributed by atoms with E-state index < -0.39 is 0 Å². The van der Waals surface area contributed by atoms with Gasteiger partial charge in [-0.05, 0) is 25.0 Å². The Morgan fingerprint density at radius 3 is 3.14 bits per heavy atom. The van der Waals surface area contributed by atoms with E-state index in [1.165, 1.54) is 25.7 Å². The van der Waals surface area contributed by atoms with Gasteiger partial charge < -0.3 is 9.26 Å². The van der Waals surface area contributed by atoms with Crippen LogP contribution in [0.25, 0.3) is 11.4 Å². The van der Waals surface area contributed by atoms with Crippen LogP contribution in [0, 0.1) is 0 Å². The fourth-order valence-electron chi connectivity index (χ4n) is 3.48. The van der Waals surface area contributed by atoms with E-state index in [0.717, 1.165) is 18.7 Å². The summed E-state index contributed by atoms with van der Waals surface area (Å²) in [6.45, 7) is 2.44. The van der Waals surface area contributed by atoms with Gasteiger partial charge in [-0.1, -0.05) is 18.0 Å². The van der Waals surface area contributed by atoms with Crippen LogP contribution < -0.4 is 0 Å². The summed E-state index contributed by atoms with van der Waals surface area (Å²) in [6.07, 6.45) is 8.80. The summed E-state index contributed by atoms with van der Waals surface area (Å²) >= 11 is 0. The smallest absolute Gasteiger partial charge is 0.241 e. The van der Waals surface area contributed by atoms with Crippen molar-refractivity contribution in [2.45, 2.75) is 44.4 Å². The average Bonchev–Trinajstić information content (AvgIpc) is 3.05. The third-order valence-electron chi connectivity index (χ3n) is 4.57. The molecule has 116 valence electrons. The lowest BCUT2D eigenvalue weighted by molar-refractivity contribution is -0.0933. The number of pyridine rings is 1. The second-order valence-corrected chi connectivity index (χ2v) is 5.98. The highest BCUT2D eigenvalue weighted by Gasteiger charge is 2.34. The number of hydrogen-bond acceptors (Lipinski definition) is 6. The molecule has 1 saturated heterocycles. The lowest BCUT2D eigenvalue weighted by atomic mass is 9.90. The van der Waals surface area contributed by atoms with Crippen LogP contribution in [0.5, 0.6) is 0 Å². The Balaban J connectivity index is 1.48. The lowest BCUT2D eigenvalue weighted by Crippen LogP contribution is -2.52. The van der Waals surface area contributed by atoms with Gasteiger partial charge in [-0.15, -0.1) is 0 Å². The van der Waals surface area contributed by atoms with Gasteiger partial charge in [0.1, 0.15) is 0 Å². The number of hydrogen-bond donors (Lipinski definition) is 0. The molecule has 2 atom stereocenters. The Morgan fingerprint density at radius 2 is 2.23 bits per heavy atom. The SMILES string of the molecule is c1cncc(-c2noc(CN3CCO[C@H]4CCCC[C@H]43)n2)c1. The van der Waals surface area contributed by atoms with Gasteiger partial charge in [-0.25, -0.2) is 0 Å². The summed E-state index contributed by atoms with van der Waals surface area (Å²) in [5, 5.41) is 4.07. The molecule has 22 heavy (non-hydrogen) atoms. The molecule has 2 aliphatic rings. The molecule has 6 nitrogen and oxygen atoms in total. The molecule has 0 unspecified atom stereocenters. The quantitative estimate of drug-likeness (QED) is 0.866. The van der Waals surface area contributed by atoms with Crippen LogP contribution in [-0.4, -0.2) is 45.3 Å². The Bertz CT molecular complexity index is 614. The van der Waals surface area contributed by atoms with Crippen molar-refractivity contribution in [1.82, 2.24) is 20.0 Å². The molecule has 0 N–H and O–H groups in total. The second-order valence-electron chi connectivity index (χ2n) is 5.98. The van der Waals surface area contributed by atoms with Gasteiger partial charge in [0, 0.05) is 30.5 Å². The van der Waals surface area contributed by atoms with E-state index in [0.29, 0.717) is 30.4 Å². The first-order valence-electron chi connectivity index (χ1n) is 7.99. The Hall–Kier alpha value is -1.79. The Morgan fingerprint density at radius 1 is 1.27 bits per heavy atom. The van der Waals surface area contributed by atoms with Crippen molar-refractivity contribution in [3.63, 3.8) is 0 Å². The van der Waals surface area contributed by atoms with Gasteiger partial charge in [-0.2, -0.15) is 4.98 Å². The molecule has 0 radical (unpaired) electrons. The van der Waals surface area contributed by atoms with Crippen LogP contribution >= 0.6 is 0 Å². The fraction of sp³-hybridized carbons (Fsp3) is 0.562. The van der Waals surface area contributed by atoms with Crippen LogP contribution in [0.1, 0.15) is 31.6 Å². The highest BCUT2D eigenvalue weighted by atomic mass is 16.5. The molecular weight excluding hydrogens is 280 g/mol. The molecule has 1 aliphatic carbocycles. The second kappa shape index (κ2) is 6.14. The zero-order valence-corrected chi connectivity index (χ0v) is 12.5. The van der Waals surface area contributed by atoms with Gasteiger partial charge in [0.15, 0.2) is 0 Å². The van der Waals surface area contributed by atoms with Crippen molar-refractivity contribution in [3.8, 4) is 11.4 Å². The molecule has 2 aromatic rings. The van der Waals surface area contributed by atoms with E-state index in [-0.39, 0.29) is 0 Å². The van der Waals surface area contributed by atoms with E-state index in [1.54, 1.807) is 12.4 Å². The minimum atomic E-state index is 0.378. The molecule has 1 aliphatic heterocycles. The summed E-state index contributed by atoms with van der Waals surface area (Å²) in [5.74, 6) is 1.28. The monoisotopic (exact) mass is 300 g/mol. The van der Waals surface area contributed by atoms with E-state index in [4.69, 9.17) is 9.26 Å². The van der Waals surface area contributed by atoms with Gasteiger partial charge in [0.2, 0.25) is 11.7 Å². The minimum absolute atomic E-state index is 0.378. The van der Waals surface area contributed by atoms with Gasteiger partial charge in [0.05, 0.1) is 19.3 Å². The van der Waals surface area contributed by atoms with E-state index in [9.17, 15) is 0 Å². The minimum Gasteiger partial charge on any atom is -0.375 e. The van der Waals surface area contributed by atoms with Crippen LogP contribution in [0.3, 0.4) is 0 Å². The standard InChI is InChI=1S/C16H20N4O2/c1-2-6-14-13(5-1)20(8-9-21-14)11-15-18-16(19-22-15)12-4-3-7-17-10-12/h3-4,7,10,13-14H,1-2,5-6,8-9,11H2/t13-,14+/m1/s1. The largest absolute Gasteiger partial charge is 0.375 e. The molecule has 0 bridgehead atoms. The number of aromatic nitrogens is 3. The highest BCUT2D eigenvalue weighted by Crippen LogP contribution is 2.29. The molecule has 1 saturated carbocycles. The van der Waals surface area contributed by atoms with Crippen molar-refractivity contribution in [3.05, 3.63) is 30.4 Å². The third kappa shape index (κ3) is 2.76. The summed E-state index contributed by atoms with van der Waals surface area (Å²) < 4.78 is 11.3. The predicted molar refractivity (Wildman–Crippen MR) is 79.9 cm³/mol. The predicted octanol–water partition coefficient (Wildman–Crippen LogP) is 2.28. The van der Waals surface area contributed by atoms with Crippen LogP contribution in [0.2, 0.25) is 0 Å². The first-order chi connectivity index (χ1) is 10.9. The average molecular weight is 300 g/mol. The van der Waals surface area contributed by atoms with Gasteiger partial charge in [-0.3, -0.25) is 9.88 Å². The normalized spacial score (nSPS) is 25.8. The number of ether oxygens (including phenoxy) is 1. The van der Waals surface area contributed by atoms with Gasteiger partial charge in [0.25, 0.3) is 0 Å². The van der Waals surface area contributed by atoms with E-state index >= 15 is 0 Å². The molecule has 0 spiro atoms. The molecule has 3 heterocycles. The lowest BCUT2D eigenvalue weighted by Gasteiger charge is -2.43. The zero-order valence-electron chi connectivity index (χ0n) is 12.5. The molecule has 4 rings (SSSR count). The van der Waals surface area contributed by atoms with Crippen molar-refractivity contribution in [2.75, 3.05) is 13.2 Å². The molecule has 0 amide bonds. The first-order valence-corrected chi connectivity index (χ1v) is 7.99.